The Kier molecular flexibility index (Phi) is 4.95. The van der Waals surface area contributed by atoms with Gasteiger partial charge in [0.05, 0.1) is 22.3 Å². The van der Waals surface area contributed by atoms with Gasteiger partial charge in [0.25, 0.3) is 5.56 Å². The summed E-state index contributed by atoms with van der Waals surface area (Å²) in [6.45, 7) is 3.62. The van der Waals surface area contributed by atoms with E-state index in [4.69, 9.17) is 4.52 Å². The second-order valence-electron chi connectivity index (χ2n) is 6.23. The van der Waals surface area contributed by atoms with Gasteiger partial charge in [0.2, 0.25) is 5.89 Å². The third kappa shape index (κ3) is 3.43. The predicted molar refractivity (Wildman–Crippen MR) is 105 cm³/mol. The minimum absolute atomic E-state index is 0.254. The molecule has 0 saturated heterocycles. The van der Waals surface area contributed by atoms with Crippen LogP contribution in [0.2, 0.25) is 0 Å². The monoisotopic (exact) mass is 396 g/mol. The summed E-state index contributed by atoms with van der Waals surface area (Å²) in [7, 11) is 0. The van der Waals surface area contributed by atoms with Crippen LogP contribution < -0.4 is 5.56 Å². The van der Waals surface area contributed by atoms with Gasteiger partial charge in [-0.3, -0.25) is 9.36 Å². The maximum Gasteiger partial charge on any atom is 0.266 e. The molecule has 6 nitrogen and oxygen atoms in total. The molecule has 0 bridgehead atoms. The molecule has 0 N–H and O–H groups in total. The number of hydrogen-bond acceptors (Lipinski definition) is 6. The van der Waals surface area contributed by atoms with E-state index in [1.165, 1.54) is 22.4 Å². The maximum absolute atomic E-state index is 14.2. The zero-order valence-electron chi connectivity index (χ0n) is 15.3. The molecule has 4 aromatic rings. The van der Waals surface area contributed by atoms with Crippen molar-refractivity contribution < 1.29 is 8.91 Å². The van der Waals surface area contributed by atoms with Crippen molar-refractivity contribution in [2.24, 2.45) is 0 Å². The van der Waals surface area contributed by atoms with Gasteiger partial charge < -0.3 is 4.52 Å². The van der Waals surface area contributed by atoms with Crippen molar-refractivity contribution in [3.05, 3.63) is 75.9 Å². The average Bonchev–Trinajstić information content (AvgIpc) is 3.17. The lowest BCUT2D eigenvalue weighted by Crippen LogP contribution is -2.22. The number of hydrogen-bond donors (Lipinski definition) is 0. The van der Waals surface area contributed by atoms with Gasteiger partial charge in [-0.25, -0.2) is 9.37 Å². The van der Waals surface area contributed by atoms with Crippen LogP contribution in [0.15, 0.2) is 56.9 Å². The molecule has 28 heavy (non-hydrogen) atoms. The predicted octanol–water partition coefficient (Wildman–Crippen LogP) is 4.07. The summed E-state index contributed by atoms with van der Waals surface area (Å²) in [4.78, 5) is 22.0. The molecule has 2 aromatic heterocycles. The van der Waals surface area contributed by atoms with E-state index in [1.54, 1.807) is 37.3 Å². The van der Waals surface area contributed by atoms with Crippen LogP contribution >= 0.6 is 11.8 Å². The second-order valence-corrected chi connectivity index (χ2v) is 7.17. The van der Waals surface area contributed by atoms with Gasteiger partial charge in [-0.05, 0) is 36.8 Å². The largest absolute Gasteiger partial charge is 0.338 e. The molecular weight excluding hydrogens is 379 g/mol. The minimum atomic E-state index is -0.377. The van der Waals surface area contributed by atoms with Crippen LogP contribution in [-0.4, -0.2) is 19.7 Å². The van der Waals surface area contributed by atoms with Gasteiger partial charge >= 0.3 is 0 Å². The highest BCUT2D eigenvalue weighted by Gasteiger charge is 2.16. The molecule has 8 heteroatoms. The Morgan fingerprint density at radius 3 is 2.75 bits per heavy atom. The SMILES string of the molecule is CCc1noc(CSc2nc3ccccc3c(=O)n2-c2ccc(C)c(F)c2)n1. The molecule has 0 spiro atoms. The fourth-order valence-electron chi connectivity index (χ4n) is 2.78. The molecule has 2 heterocycles. The number of fused-ring (bicyclic) bond motifs is 1. The average molecular weight is 396 g/mol. The van der Waals surface area contributed by atoms with Gasteiger partial charge in [-0.1, -0.05) is 42.0 Å². The van der Waals surface area contributed by atoms with Crippen molar-refractivity contribution in [2.75, 3.05) is 0 Å². The first-order valence-corrected chi connectivity index (χ1v) is 9.78. The summed E-state index contributed by atoms with van der Waals surface area (Å²) in [6, 6.07) is 11.8. The van der Waals surface area contributed by atoms with E-state index in [0.717, 1.165) is 0 Å². The zero-order valence-corrected chi connectivity index (χ0v) is 16.2. The van der Waals surface area contributed by atoms with Crippen LogP contribution in [-0.2, 0) is 12.2 Å². The molecule has 4 rings (SSSR count). The van der Waals surface area contributed by atoms with Crippen LogP contribution in [0.5, 0.6) is 0 Å². The maximum atomic E-state index is 14.2. The molecule has 0 atom stereocenters. The molecule has 0 unspecified atom stereocenters. The summed E-state index contributed by atoms with van der Waals surface area (Å²) in [5, 5.41) is 4.78. The smallest absolute Gasteiger partial charge is 0.266 e. The van der Waals surface area contributed by atoms with Crippen molar-refractivity contribution in [2.45, 2.75) is 31.2 Å². The molecule has 0 aliphatic carbocycles. The molecule has 0 amide bonds. The first-order chi connectivity index (χ1) is 13.6. The number of aromatic nitrogens is 4. The van der Waals surface area contributed by atoms with Crippen molar-refractivity contribution in [1.29, 1.82) is 0 Å². The van der Waals surface area contributed by atoms with Crippen molar-refractivity contribution in [3.63, 3.8) is 0 Å². The first-order valence-electron chi connectivity index (χ1n) is 8.79. The number of halogens is 1. The highest BCUT2D eigenvalue weighted by atomic mass is 32.2. The molecule has 0 aliphatic heterocycles. The van der Waals surface area contributed by atoms with Crippen LogP contribution in [0, 0.1) is 12.7 Å². The van der Waals surface area contributed by atoms with E-state index < -0.39 is 0 Å². The van der Waals surface area contributed by atoms with E-state index in [-0.39, 0.29) is 11.4 Å². The van der Waals surface area contributed by atoms with Crippen LogP contribution in [0.25, 0.3) is 16.6 Å². The Hall–Kier alpha value is -3.00. The Morgan fingerprint density at radius 1 is 1.18 bits per heavy atom. The second kappa shape index (κ2) is 7.55. The Bertz CT molecular complexity index is 1220. The summed E-state index contributed by atoms with van der Waals surface area (Å²) in [5.74, 6) is 1.05. The van der Waals surface area contributed by atoms with E-state index in [1.807, 2.05) is 13.0 Å². The lowest BCUT2D eigenvalue weighted by atomic mass is 10.2. The lowest BCUT2D eigenvalue weighted by molar-refractivity contribution is 0.385. The Balaban J connectivity index is 1.83. The van der Waals surface area contributed by atoms with Crippen LogP contribution in [0.3, 0.4) is 0 Å². The van der Waals surface area contributed by atoms with E-state index in [0.29, 0.717) is 51.2 Å². The molecule has 0 fully saturated rings. The van der Waals surface area contributed by atoms with E-state index in [9.17, 15) is 9.18 Å². The standard InChI is InChI=1S/C20H17FN4O2S/c1-3-17-23-18(27-24-17)11-28-20-22-16-7-5-4-6-14(16)19(26)25(20)13-9-8-12(2)15(21)10-13/h4-10H,3,11H2,1-2H3. The number of thioether (sulfide) groups is 1. The van der Waals surface area contributed by atoms with E-state index >= 15 is 0 Å². The normalized spacial score (nSPS) is 11.2. The molecule has 0 aliphatic rings. The quantitative estimate of drug-likeness (QED) is 0.374. The van der Waals surface area contributed by atoms with Crippen LogP contribution in [0.1, 0.15) is 24.2 Å². The van der Waals surface area contributed by atoms with Gasteiger partial charge in [0.15, 0.2) is 11.0 Å². The van der Waals surface area contributed by atoms with Crippen molar-refractivity contribution >= 4 is 22.7 Å². The number of rotatable bonds is 5. The molecule has 0 saturated carbocycles. The molecular formula is C20H17FN4O2S. The fraction of sp³-hybridized carbons (Fsp3) is 0.200. The third-order valence-electron chi connectivity index (χ3n) is 4.31. The first kappa shape index (κ1) is 18.4. The van der Waals surface area contributed by atoms with Gasteiger partial charge in [0, 0.05) is 6.42 Å². The minimum Gasteiger partial charge on any atom is -0.338 e. The van der Waals surface area contributed by atoms with Crippen LogP contribution in [0.4, 0.5) is 4.39 Å². The third-order valence-corrected chi connectivity index (χ3v) is 5.23. The fourth-order valence-corrected chi connectivity index (χ4v) is 3.63. The van der Waals surface area contributed by atoms with Crippen molar-refractivity contribution in [3.8, 4) is 5.69 Å². The van der Waals surface area contributed by atoms with E-state index in [2.05, 4.69) is 15.1 Å². The Labute approximate surface area is 164 Å². The number of aryl methyl sites for hydroxylation is 2. The summed E-state index contributed by atoms with van der Waals surface area (Å²) in [6.07, 6.45) is 0.676. The summed E-state index contributed by atoms with van der Waals surface area (Å²) in [5.41, 5.74) is 1.26. The highest BCUT2D eigenvalue weighted by molar-refractivity contribution is 7.98. The summed E-state index contributed by atoms with van der Waals surface area (Å²) >= 11 is 1.29. The topological polar surface area (TPSA) is 73.8 Å². The summed E-state index contributed by atoms with van der Waals surface area (Å²) < 4.78 is 20.8. The Morgan fingerprint density at radius 2 is 2.00 bits per heavy atom. The lowest BCUT2D eigenvalue weighted by Gasteiger charge is -2.13. The van der Waals surface area contributed by atoms with Crippen molar-refractivity contribution in [1.82, 2.24) is 19.7 Å². The number of nitrogens with zero attached hydrogens (tertiary/aromatic N) is 4. The highest BCUT2D eigenvalue weighted by Crippen LogP contribution is 2.25. The molecule has 142 valence electrons. The molecule has 0 radical (unpaired) electrons. The number of para-hydroxylation sites is 1. The van der Waals surface area contributed by atoms with Gasteiger partial charge in [-0.2, -0.15) is 4.98 Å². The molecule has 2 aromatic carbocycles. The number of benzene rings is 2. The van der Waals surface area contributed by atoms with Gasteiger partial charge in [-0.15, -0.1) is 0 Å². The zero-order chi connectivity index (χ0) is 19.7. The van der Waals surface area contributed by atoms with Gasteiger partial charge in [0.1, 0.15) is 5.82 Å².